The summed E-state index contributed by atoms with van der Waals surface area (Å²) in [5.74, 6) is -1.14. The van der Waals surface area contributed by atoms with Crippen molar-refractivity contribution < 1.29 is 68.1 Å². The van der Waals surface area contributed by atoms with Crippen LogP contribution in [0.3, 0.4) is 0 Å². The second-order valence-corrected chi connectivity index (χ2v) is 8.19. The van der Waals surface area contributed by atoms with Crippen molar-refractivity contribution in [3.05, 3.63) is 0 Å². The van der Waals surface area contributed by atoms with Gasteiger partial charge in [-0.3, -0.25) is 0 Å². The fourth-order valence-corrected chi connectivity index (χ4v) is 1.77. The number of aliphatic carboxylic acids is 1. The predicted octanol–water partition coefficient (Wildman–Crippen LogP) is 4.86. The molecule has 206 valence electrons. The van der Waals surface area contributed by atoms with Gasteiger partial charge in [-0.15, -0.1) is 0 Å². The van der Waals surface area contributed by atoms with Crippen LogP contribution in [-0.2, 0) is 28.5 Å². The van der Waals surface area contributed by atoms with Crippen molar-refractivity contribution in [1.82, 2.24) is 0 Å². The van der Waals surface area contributed by atoms with Crippen molar-refractivity contribution >= 4 is 42.2 Å². The van der Waals surface area contributed by atoms with Crippen LogP contribution in [0.25, 0.3) is 0 Å². The largest absolute Gasteiger partial charge is 0.510 e. The lowest BCUT2D eigenvalue weighted by molar-refractivity contribution is -0.150. The van der Waals surface area contributed by atoms with Gasteiger partial charge in [-0.25, -0.2) is 24.0 Å². The number of carboxylic acid groups (broad SMARTS) is 4. The summed E-state index contributed by atoms with van der Waals surface area (Å²) in [4.78, 5) is 49.9. The third kappa shape index (κ3) is 27.0. The van der Waals surface area contributed by atoms with E-state index >= 15 is 0 Å². The van der Waals surface area contributed by atoms with Gasteiger partial charge < -0.3 is 44.1 Å². The maximum absolute atomic E-state index is 10.6. The summed E-state index contributed by atoms with van der Waals surface area (Å²) in [6.07, 6.45) is -2.41. The van der Waals surface area contributed by atoms with Gasteiger partial charge in [-0.1, -0.05) is 45.7 Å². The molecule has 0 bridgehead atoms. The maximum Gasteiger partial charge on any atom is 0.510 e. The molecule has 1 aliphatic carbocycles. The van der Waals surface area contributed by atoms with Crippen molar-refractivity contribution in [3.8, 4) is 0 Å². The minimum absolute atomic E-state index is 0.00812. The van der Waals surface area contributed by atoms with Crippen LogP contribution in [0.4, 0.5) is 19.2 Å². The van der Waals surface area contributed by atoms with E-state index in [1.54, 1.807) is 6.92 Å². The van der Waals surface area contributed by atoms with E-state index in [9.17, 15) is 19.2 Å². The van der Waals surface area contributed by atoms with Crippen molar-refractivity contribution in [3.63, 3.8) is 0 Å². The number of halogens is 1. The third-order valence-corrected chi connectivity index (χ3v) is 3.44. The van der Waals surface area contributed by atoms with E-state index in [-0.39, 0.29) is 17.6 Å². The van der Waals surface area contributed by atoms with Gasteiger partial charge in [0, 0.05) is 12.8 Å². The number of carbonyl (C=O) groups excluding carboxylic acids is 2. The van der Waals surface area contributed by atoms with Gasteiger partial charge in [-0.05, 0) is 18.8 Å². The Morgan fingerprint density at radius 2 is 1.46 bits per heavy atom. The van der Waals surface area contributed by atoms with Gasteiger partial charge in [0.15, 0.2) is 6.07 Å². The minimum atomic E-state index is -1.83. The monoisotopic (exact) mass is 534 g/mol. The Morgan fingerprint density at radius 3 is 1.74 bits per heavy atom. The van der Waals surface area contributed by atoms with Gasteiger partial charge in [0.25, 0.3) is 0 Å². The molecule has 0 spiro atoms. The Morgan fingerprint density at radius 1 is 0.971 bits per heavy atom. The number of methoxy groups -OCH3 is 1. The first-order valence-corrected chi connectivity index (χ1v) is 10.7. The standard InChI is InChI=1S/C7H14O3.C6H7ClO5.C6H12O3.CH2O3/c1-7(2,3)5-10-6(8)9-4;7-3-11-5(10)12-6(1-2-6)4(8)9;1-3-4-5(2)9-6(7)8;2-1(3)4/h5H2,1-4H3;1-3H2,(H,8,9);5H,3-4H2,1-2H3,(H,7,8);(H2,2,3,4). The van der Waals surface area contributed by atoms with Crippen molar-refractivity contribution in [2.45, 2.75) is 72.0 Å². The lowest BCUT2D eigenvalue weighted by Crippen LogP contribution is -2.29. The summed E-state index contributed by atoms with van der Waals surface area (Å²) < 4.78 is 22.1. The zero-order valence-corrected chi connectivity index (χ0v) is 21.3. The summed E-state index contributed by atoms with van der Waals surface area (Å²) in [6.45, 7) is 10.1. The highest BCUT2D eigenvalue weighted by atomic mass is 35.5. The van der Waals surface area contributed by atoms with E-state index in [1.807, 2.05) is 27.7 Å². The number of ether oxygens (including phenoxy) is 5. The molecular formula is C20H35ClO14. The first-order valence-electron chi connectivity index (χ1n) is 10.1. The van der Waals surface area contributed by atoms with Gasteiger partial charge >= 0.3 is 30.6 Å². The molecule has 0 radical (unpaired) electrons. The Bertz CT molecular complexity index is 651. The Hall–Kier alpha value is -3.16. The first-order chi connectivity index (χ1) is 16.0. The summed E-state index contributed by atoms with van der Waals surface area (Å²) >= 11 is 5.05. The van der Waals surface area contributed by atoms with Crippen molar-refractivity contribution in [2.75, 3.05) is 19.8 Å². The van der Waals surface area contributed by atoms with Crippen molar-refractivity contribution in [2.24, 2.45) is 5.41 Å². The SMILES string of the molecule is CCCC(C)OC(=O)O.COC(=O)OCC(C)(C)C.O=C(O)O.O=C(OCCl)OC1(C(=O)O)CC1. The molecule has 0 aromatic carbocycles. The molecular weight excluding hydrogens is 500 g/mol. The molecule has 14 nitrogen and oxygen atoms in total. The molecule has 4 N–H and O–H groups in total. The molecule has 15 heteroatoms. The average Bonchev–Trinajstić information content (AvgIpc) is 3.46. The number of hydrogen-bond acceptors (Lipinski definition) is 10. The molecule has 0 heterocycles. The van der Waals surface area contributed by atoms with Gasteiger partial charge in [0.2, 0.25) is 5.60 Å². The first kappa shape index (κ1) is 36.4. The van der Waals surface area contributed by atoms with Gasteiger partial charge in [-0.2, -0.15) is 0 Å². The van der Waals surface area contributed by atoms with E-state index < -0.39 is 36.2 Å². The third-order valence-electron chi connectivity index (χ3n) is 3.33. The molecule has 35 heavy (non-hydrogen) atoms. The summed E-state index contributed by atoms with van der Waals surface area (Å²) in [6, 6.07) is -0.339. The smallest absolute Gasteiger partial charge is 0.478 e. The van der Waals surface area contributed by atoms with Crippen LogP contribution in [0.5, 0.6) is 0 Å². The number of hydrogen-bond donors (Lipinski definition) is 4. The number of carboxylic acids is 1. The van der Waals surface area contributed by atoms with Crippen LogP contribution >= 0.6 is 11.6 Å². The van der Waals surface area contributed by atoms with E-state index in [1.165, 1.54) is 7.11 Å². The van der Waals surface area contributed by atoms with Gasteiger partial charge in [0.05, 0.1) is 13.7 Å². The predicted molar refractivity (Wildman–Crippen MR) is 120 cm³/mol. The second kappa shape index (κ2) is 19.2. The highest BCUT2D eigenvalue weighted by Gasteiger charge is 2.55. The van der Waals surface area contributed by atoms with E-state index in [0.717, 1.165) is 12.8 Å². The van der Waals surface area contributed by atoms with E-state index in [0.29, 0.717) is 19.4 Å². The van der Waals surface area contributed by atoms with Crippen LogP contribution < -0.4 is 0 Å². The van der Waals surface area contributed by atoms with E-state index in [2.05, 4.69) is 18.9 Å². The lowest BCUT2D eigenvalue weighted by Gasteiger charge is -2.16. The number of alkyl halides is 1. The van der Waals surface area contributed by atoms with Crippen LogP contribution in [0.15, 0.2) is 0 Å². The Kier molecular flexibility index (Phi) is 20.0. The zero-order chi connectivity index (χ0) is 28.2. The maximum atomic E-state index is 10.6. The molecule has 0 saturated heterocycles. The molecule has 0 aliphatic heterocycles. The normalized spacial score (nSPS) is 13.2. The summed E-state index contributed by atoms with van der Waals surface area (Å²) in [5, 5.41) is 30.6. The molecule has 1 rings (SSSR count). The fraction of sp³-hybridized carbons (Fsp3) is 0.750. The molecule has 1 saturated carbocycles. The molecule has 1 unspecified atom stereocenters. The second-order valence-electron chi connectivity index (χ2n) is 7.97. The molecule has 1 fully saturated rings. The average molecular weight is 535 g/mol. The number of rotatable bonds is 7. The highest BCUT2D eigenvalue weighted by molar-refractivity contribution is 6.17. The molecule has 1 atom stereocenters. The zero-order valence-electron chi connectivity index (χ0n) is 20.6. The topological polar surface area (TPSA) is 212 Å². The van der Waals surface area contributed by atoms with Crippen LogP contribution in [0.1, 0.15) is 60.3 Å². The van der Waals surface area contributed by atoms with Crippen LogP contribution in [-0.4, -0.2) is 82.5 Å². The Balaban J connectivity index is -0.000000412. The van der Waals surface area contributed by atoms with Crippen LogP contribution in [0.2, 0.25) is 0 Å². The minimum Gasteiger partial charge on any atom is -0.478 e. The summed E-state index contributed by atoms with van der Waals surface area (Å²) in [7, 11) is 1.30. The molecule has 1 aliphatic rings. The quantitative estimate of drug-likeness (QED) is 0.195. The molecule has 0 aromatic heterocycles. The van der Waals surface area contributed by atoms with Crippen LogP contribution in [0, 0.1) is 5.41 Å². The summed E-state index contributed by atoms with van der Waals surface area (Å²) in [5.41, 5.74) is -1.34. The Labute approximate surface area is 208 Å². The molecule has 0 amide bonds. The lowest BCUT2D eigenvalue weighted by atomic mass is 9.99. The highest BCUT2D eigenvalue weighted by Crippen LogP contribution is 2.40. The fourth-order valence-electron chi connectivity index (χ4n) is 1.68. The number of carbonyl (C=O) groups is 5. The molecule has 0 aromatic rings. The van der Waals surface area contributed by atoms with Crippen molar-refractivity contribution in [1.29, 1.82) is 0 Å². The van der Waals surface area contributed by atoms with Gasteiger partial charge in [0.1, 0.15) is 6.10 Å². The van der Waals surface area contributed by atoms with E-state index in [4.69, 9.17) is 41.6 Å².